The SMILES string of the molecule is O=c1ccccn1-c1ccccc1Oc1ccccc1. The summed E-state index contributed by atoms with van der Waals surface area (Å²) < 4.78 is 7.43. The number of hydrogen-bond donors (Lipinski definition) is 0. The molecule has 1 heterocycles. The number of ether oxygens (including phenoxy) is 1. The van der Waals surface area contributed by atoms with Crippen molar-refractivity contribution in [3.05, 3.63) is 89.3 Å². The zero-order chi connectivity index (χ0) is 13.8. The molecule has 0 fully saturated rings. The molecular formula is C17H13NO2. The molecule has 0 aliphatic carbocycles. The predicted molar refractivity (Wildman–Crippen MR) is 78.6 cm³/mol. The number of para-hydroxylation sites is 3. The Morgan fingerprint density at radius 1 is 0.750 bits per heavy atom. The predicted octanol–water partition coefficient (Wildman–Crippen LogP) is 3.63. The van der Waals surface area contributed by atoms with Gasteiger partial charge in [-0.2, -0.15) is 0 Å². The van der Waals surface area contributed by atoms with Crippen LogP contribution in [-0.4, -0.2) is 4.57 Å². The fraction of sp³-hybridized carbons (Fsp3) is 0. The Morgan fingerprint density at radius 2 is 1.45 bits per heavy atom. The van der Waals surface area contributed by atoms with E-state index in [9.17, 15) is 4.79 Å². The van der Waals surface area contributed by atoms with Gasteiger partial charge < -0.3 is 4.74 Å². The molecule has 1 aromatic heterocycles. The Kier molecular flexibility index (Phi) is 3.33. The normalized spacial score (nSPS) is 10.2. The van der Waals surface area contributed by atoms with Crippen LogP contribution in [0.15, 0.2) is 83.8 Å². The molecule has 3 heteroatoms. The van der Waals surface area contributed by atoms with E-state index in [-0.39, 0.29) is 5.56 Å². The first kappa shape index (κ1) is 12.2. The summed E-state index contributed by atoms with van der Waals surface area (Å²) in [4.78, 5) is 11.9. The van der Waals surface area contributed by atoms with Crippen molar-refractivity contribution < 1.29 is 4.74 Å². The van der Waals surface area contributed by atoms with E-state index in [0.29, 0.717) is 5.75 Å². The second kappa shape index (κ2) is 5.45. The summed E-state index contributed by atoms with van der Waals surface area (Å²) in [7, 11) is 0. The molecule has 2 aromatic carbocycles. The van der Waals surface area contributed by atoms with Crippen LogP contribution in [0.2, 0.25) is 0 Å². The van der Waals surface area contributed by atoms with Gasteiger partial charge in [-0.05, 0) is 30.3 Å². The van der Waals surface area contributed by atoms with Crippen molar-refractivity contribution in [3.63, 3.8) is 0 Å². The van der Waals surface area contributed by atoms with E-state index in [0.717, 1.165) is 11.4 Å². The van der Waals surface area contributed by atoms with Gasteiger partial charge in [0.05, 0.1) is 5.69 Å². The summed E-state index contributed by atoms with van der Waals surface area (Å²) in [6, 6.07) is 22.1. The minimum Gasteiger partial charge on any atom is -0.455 e. The van der Waals surface area contributed by atoms with Gasteiger partial charge in [0.25, 0.3) is 5.56 Å². The minimum atomic E-state index is -0.0865. The smallest absolute Gasteiger partial charge is 0.255 e. The average Bonchev–Trinajstić information content (AvgIpc) is 2.50. The molecule has 0 N–H and O–H groups in total. The van der Waals surface area contributed by atoms with E-state index >= 15 is 0 Å². The van der Waals surface area contributed by atoms with Crippen LogP contribution in [0.5, 0.6) is 11.5 Å². The van der Waals surface area contributed by atoms with Crippen LogP contribution in [0.4, 0.5) is 0 Å². The van der Waals surface area contributed by atoms with Crippen LogP contribution in [0.1, 0.15) is 0 Å². The lowest BCUT2D eigenvalue weighted by atomic mass is 10.2. The highest BCUT2D eigenvalue weighted by atomic mass is 16.5. The van der Waals surface area contributed by atoms with E-state index < -0.39 is 0 Å². The van der Waals surface area contributed by atoms with Crippen molar-refractivity contribution in [2.75, 3.05) is 0 Å². The minimum absolute atomic E-state index is 0.0865. The van der Waals surface area contributed by atoms with Gasteiger partial charge in [-0.25, -0.2) is 0 Å². The second-order valence-electron chi connectivity index (χ2n) is 4.29. The van der Waals surface area contributed by atoms with Gasteiger partial charge in [0, 0.05) is 12.3 Å². The molecule has 98 valence electrons. The van der Waals surface area contributed by atoms with Gasteiger partial charge in [-0.1, -0.05) is 36.4 Å². The van der Waals surface area contributed by atoms with Crippen molar-refractivity contribution in [2.45, 2.75) is 0 Å². The molecule has 0 radical (unpaired) electrons. The summed E-state index contributed by atoms with van der Waals surface area (Å²) in [6.45, 7) is 0. The first-order valence-electron chi connectivity index (χ1n) is 6.34. The van der Waals surface area contributed by atoms with E-state index in [1.807, 2.05) is 60.7 Å². The summed E-state index contributed by atoms with van der Waals surface area (Å²) in [6.07, 6.45) is 1.73. The molecule has 0 atom stereocenters. The van der Waals surface area contributed by atoms with Gasteiger partial charge in [-0.3, -0.25) is 9.36 Å². The number of pyridine rings is 1. The second-order valence-corrected chi connectivity index (χ2v) is 4.29. The lowest BCUT2D eigenvalue weighted by Gasteiger charge is -2.12. The van der Waals surface area contributed by atoms with Gasteiger partial charge in [-0.15, -0.1) is 0 Å². The Morgan fingerprint density at radius 3 is 2.25 bits per heavy atom. The Labute approximate surface area is 116 Å². The highest BCUT2D eigenvalue weighted by Crippen LogP contribution is 2.26. The molecule has 0 saturated carbocycles. The molecule has 3 nitrogen and oxygen atoms in total. The standard InChI is InChI=1S/C17H13NO2/c19-17-12-6-7-13-18(17)15-10-4-5-11-16(15)20-14-8-2-1-3-9-14/h1-13H. The highest BCUT2D eigenvalue weighted by Gasteiger charge is 2.07. The van der Waals surface area contributed by atoms with E-state index in [1.165, 1.54) is 6.07 Å². The Bertz CT molecular complexity index is 763. The first-order valence-corrected chi connectivity index (χ1v) is 6.34. The summed E-state index contributed by atoms with van der Waals surface area (Å²) in [5, 5.41) is 0. The average molecular weight is 263 g/mol. The van der Waals surface area contributed by atoms with E-state index in [1.54, 1.807) is 16.8 Å². The first-order chi connectivity index (χ1) is 9.84. The summed E-state index contributed by atoms with van der Waals surface area (Å²) in [5.41, 5.74) is 0.638. The van der Waals surface area contributed by atoms with Crippen molar-refractivity contribution in [3.8, 4) is 17.2 Å². The Balaban J connectivity index is 2.06. The monoisotopic (exact) mass is 263 g/mol. The molecule has 0 unspecified atom stereocenters. The van der Waals surface area contributed by atoms with Gasteiger partial charge in [0.1, 0.15) is 5.75 Å². The van der Waals surface area contributed by atoms with Crippen LogP contribution < -0.4 is 10.3 Å². The van der Waals surface area contributed by atoms with Crippen molar-refractivity contribution >= 4 is 0 Å². The number of benzene rings is 2. The van der Waals surface area contributed by atoms with Crippen LogP contribution in [0, 0.1) is 0 Å². The fourth-order valence-corrected chi connectivity index (χ4v) is 1.98. The van der Waals surface area contributed by atoms with Gasteiger partial charge >= 0.3 is 0 Å². The van der Waals surface area contributed by atoms with Crippen LogP contribution in [0.25, 0.3) is 5.69 Å². The maximum absolute atomic E-state index is 11.9. The molecule has 0 amide bonds. The van der Waals surface area contributed by atoms with Crippen LogP contribution >= 0.6 is 0 Å². The number of nitrogens with zero attached hydrogens (tertiary/aromatic N) is 1. The fourth-order valence-electron chi connectivity index (χ4n) is 1.98. The molecule has 3 rings (SSSR count). The topological polar surface area (TPSA) is 31.2 Å². The van der Waals surface area contributed by atoms with Gasteiger partial charge in [0.15, 0.2) is 5.75 Å². The third-order valence-electron chi connectivity index (χ3n) is 2.92. The van der Waals surface area contributed by atoms with E-state index in [4.69, 9.17) is 4.74 Å². The van der Waals surface area contributed by atoms with Crippen molar-refractivity contribution in [1.82, 2.24) is 4.57 Å². The number of hydrogen-bond acceptors (Lipinski definition) is 2. The van der Waals surface area contributed by atoms with Crippen LogP contribution in [0.3, 0.4) is 0 Å². The summed E-state index contributed by atoms with van der Waals surface area (Å²) >= 11 is 0. The number of rotatable bonds is 3. The lowest BCUT2D eigenvalue weighted by Crippen LogP contribution is -2.16. The highest BCUT2D eigenvalue weighted by molar-refractivity contribution is 5.48. The quantitative estimate of drug-likeness (QED) is 0.722. The molecule has 0 aliphatic heterocycles. The largest absolute Gasteiger partial charge is 0.455 e. The number of aromatic nitrogens is 1. The third kappa shape index (κ3) is 2.47. The molecule has 0 spiro atoms. The molecule has 3 aromatic rings. The van der Waals surface area contributed by atoms with Crippen molar-refractivity contribution in [1.29, 1.82) is 0 Å². The van der Waals surface area contributed by atoms with Crippen molar-refractivity contribution in [2.24, 2.45) is 0 Å². The molecule has 0 bridgehead atoms. The lowest BCUT2D eigenvalue weighted by molar-refractivity contribution is 0.479. The molecular weight excluding hydrogens is 250 g/mol. The Hall–Kier alpha value is -2.81. The zero-order valence-electron chi connectivity index (χ0n) is 10.8. The molecule has 20 heavy (non-hydrogen) atoms. The maximum Gasteiger partial charge on any atom is 0.255 e. The maximum atomic E-state index is 11.9. The summed E-state index contributed by atoms with van der Waals surface area (Å²) in [5.74, 6) is 1.39. The van der Waals surface area contributed by atoms with Crippen LogP contribution in [-0.2, 0) is 0 Å². The molecule has 0 aliphatic rings. The zero-order valence-corrected chi connectivity index (χ0v) is 10.8. The molecule has 0 saturated heterocycles. The van der Waals surface area contributed by atoms with E-state index in [2.05, 4.69) is 0 Å². The van der Waals surface area contributed by atoms with Gasteiger partial charge in [0.2, 0.25) is 0 Å². The third-order valence-corrected chi connectivity index (χ3v) is 2.92.